The van der Waals surface area contributed by atoms with E-state index in [9.17, 15) is 23.8 Å². The molecule has 4 aromatic carbocycles. The highest BCUT2D eigenvalue weighted by Crippen LogP contribution is 2.28. The first-order valence-corrected chi connectivity index (χ1v) is 13.7. The van der Waals surface area contributed by atoms with Gasteiger partial charge in [-0.05, 0) is 71.8 Å². The molecule has 0 spiro atoms. The molecular weight excluding hydrogens is 578 g/mol. The highest BCUT2D eigenvalue weighted by atomic mass is 19.1. The Hall–Kier alpha value is -5.93. The highest BCUT2D eigenvalue weighted by molar-refractivity contribution is 5.98. The van der Waals surface area contributed by atoms with Gasteiger partial charge in [0.25, 0.3) is 0 Å². The number of carboxylic acid groups (broad SMARTS) is 1. The number of rotatable bonds is 8. The van der Waals surface area contributed by atoms with Crippen molar-refractivity contribution in [1.82, 2.24) is 10.3 Å². The van der Waals surface area contributed by atoms with Crippen molar-refractivity contribution >= 4 is 30.3 Å². The number of aromatic nitrogens is 2. The summed E-state index contributed by atoms with van der Waals surface area (Å²) in [5.41, 5.74) is 4.33. The van der Waals surface area contributed by atoms with Crippen molar-refractivity contribution < 1.29 is 32.8 Å². The predicted octanol–water partition coefficient (Wildman–Crippen LogP) is 8.49. The van der Waals surface area contributed by atoms with Crippen LogP contribution in [0, 0.1) is 11.6 Å². The van der Waals surface area contributed by atoms with Gasteiger partial charge < -0.3 is 19.3 Å². The van der Waals surface area contributed by atoms with Crippen molar-refractivity contribution in [3.8, 4) is 22.5 Å². The SMILES string of the molecule is O=C(O)c1c(-c2ccc(F)cc2)noc1/C=C/c1ccccc1.OCc1c(-c2ccc(F)cc2)noc1/C=C/c1ccccc1. The number of halogens is 2. The summed E-state index contributed by atoms with van der Waals surface area (Å²) in [7, 11) is 0. The van der Waals surface area contributed by atoms with E-state index < -0.39 is 11.8 Å². The Kier molecular flexibility index (Phi) is 9.83. The molecule has 6 aromatic rings. The van der Waals surface area contributed by atoms with Gasteiger partial charge in [0.05, 0.1) is 12.2 Å². The predicted molar refractivity (Wildman–Crippen MR) is 167 cm³/mol. The summed E-state index contributed by atoms with van der Waals surface area (Å²) in [5.74, 6) is -1.25. The molecule has 224 valence electrons. The van der Waals surface area contributed by atoms with Gasteiger partial charge in [0.2, 0.25) is 0 Å². The van der Waals surface area contributed by atoms with Gasteiger partial charge in [-0.3, -0.25) is 0 Å². The van der Waals surface area contributed by atoms with Gasteiger partial charge in [-0.1, -0.05) is 83.1 Å². The van der Waals surface area contributed by atoms with Gasteiger partial charge >= 0.3 is 5.97 Å². The number of benzene rings is 4. The molecule has 9 heteroatoms. The van der Waals surface area contributed by atoms with E-state index in [2.05, 4.69) is 10.3 Å². The third kappa shape index (κ3) is 7.73. The third-order valence-corrected chi connectivity index (χ3v) is 6.60. The Morgan fingerprint density at radius 1 is 0.622 bits per heavy atom. The van der Waals surface area contributed by atoms with Crippen LogP contribution in [0.15, 0.2) is 118 Å². The monoisotopic (exact) mass is 604 g/mol. The van der Waals surface area contributed by atoms with E-state index in [-0.39, 0.29) is 29.4 Å². The average molecular weight is 605 g/mol. The molecule has 0 amide bonds. The molecule has 0 saturated carbocycles. The minimum atomic E-state index is -1.15. The maximum absolute atomic E-state index is 13.0. The highest BCUT2D eigenvalue weighted by Gasteiger charge is 2.22. The van der Waals surface area contributed by atoms with Crippen LogP contribution in [0.4, 0.5) is 8.78 Å². The van der Waals surface area contributed by atoms with Gasteiger partial charge in [0, 0.05) is 11.1 Å². The van der Waals surface area contributed by atoms with Crippen LogP contribution < -0.4 is 0 Å². The number of aliphatic hydroxyl groups excluding tert-OH is 1. The van der Waals surface area contributed by atoms with Crippen LogP contribution in [0.25, 0.3) is 46.8 Å². The molecule has 2 aromatic heterocycles. The lowest BCUT2D eigenvalue weighted by Gasteiger charge is -1.99. The van der Waals surface area contributed by atoms with Crippen LogP contribution in [0.1, 0.15) is 38.6 Å². The van der Waals surface area contributed by atoms with Crippen molar-refractivity contribution in [2.24, 2.45) is 0 Å². The summed E-state index contributed by atoms with van der Waals surface area (Å²) < 4.78 is 36.5. The molecule has 7 nitrogen and oxygen atoms in total. The zero-order chi connectivity index (χ0) is 31.6. The largest absolute Gasteiger partial charge is 0.477 e. The third-order valence-electron chi connectivity index (χ3n) is 6.60. The summed E-state index contributed by atoms with van der Waals surface area (Å²) in [4.78, 5) is 11.5. The molecule has 0 aliphatic rings. The molecule has 2 N–H and O–H groups in total. The number of aliphatic hydroxyl groups is 1. The van der Waals surface area contributed by atoms with E-state index in [4.69, 9.17) is 9.05 Å². The zero-order valence-electron chi connectivity index (χ0n) is 23.7. The first kappa shape index (κ1) is 30.5. The molecule has 0 bridgehead atoms. The number of hydrogen-bond acceptors (Lipinski definition) is 6. The normalized spacial score (nSPS) is 11.1. The van der Waals surface area contributed by atoms with Gasteiger partial charge in [-0.2, -0.15) is 0 Å². The Bertz CT molecular complexity index is 1910. The molecule has 0 saturated heterocycles. The van der Waals surface area contributed by atoms with Gasteiger partial charge in [-0.25, -0.2) is 13.6 Å². The fraction of sp³-hybridized carbons (Fsp3) is 0.0278. The van der Waals surface area contributed by atoms with Gasteiger partial charge in [-0.15, -0.1) is 0 Å². The zero-order valence-corrected chi connectivity index (χ0v) is 23.7. The fourth-order valence-electron chi connectivity index (χ4n) is 4.34. The van der Waals surface area contributed by atoms with Crippen LogP contribution in [0.5, 0.6) is 0 Å². The Morgan fingerprint density at radius 2 is 1.07 bits per heavy atom. The first-order valence-electron chi connectivity index (χ1n) is 13.7. The molecule has 6 rings (SSSR count). The number of nitrogens with zero attached hydrogens (tertiary/aromatic N) is 2. The standard InChI is InChI=1S/C18H12FNO3.C18H14FNO2/c19-14-9-7-13(8-10-14)17-16(18(21)22)15(23-20-17)11-6-12-4-2-1-3-5-12;19-15-9-7-14(8-10-15)18-16(12-21)17(22-20-18)11-6-13-4-2-1-3-5-13/h1-11H,(H,21,22);1-11,21H,12H2/b2*11-6+. The molecular formula is C36H26F2N2O5. The van der Waals surface area contributed by atoms with Crippen molar-refractivity contribution in [2.45, 2.75) is 6.61 Å². The van der Waals surface area contributed by atoms with Crippen LogP contribution >= 0.6 is 0 Å². The summed E-state index contributed by atoms with van der Waals surface area (Å²) >= 11 is 0. The molecule has 2 heterocycles. The summed E-state index contributed by atoms with van der Waals surface area (Å²) in [5, 5.41) is 26.8. The van der Waals surface area contributed by atoms with Gasteiger partial charge in [0.1, 0.15) is 28.6 Å². The maximum atomic E-state index is 13.0. The second-order valence-corrected chi connectivity index (χ2v) is 9.61. The quantitative estimate of drug-likeness (QED) is 0.179. The topological polar surface area (TPSA) is 110 Å². The van der Waals surface area contributed by atoms with E-state index >= 15 is 0 Å². The first-order chi connectivity index (χ1) is 21.9. The van der Waals surface area contributed by atoms with Crippen molar-refractivity contribution in [3.05, 3.63) is 155 Å². The van der Waals surface area contributed by atoms with E-state index in [1.165, 1.54) is 36.4 Å². The van der Waals surface area contributed by atoms with Crippen molar-refractivity contribution in [2.75, 3.05) is 0 Å². The lowest BCUT2D eigenvalue weighted by molar-refractivity contribution is 0.0696. The number of aromatic carboxylic acids is 1. The molecule has 0 radical (unpaired) electrons. The maximum Gasteiger partial charge on any atom is 0.341 e. The minimum absolute atomic E-state index is 0.0520. The van der Waals surface area contributed by atoms with Crippen LogP contribution in [0.2, 0.25) is 0 Å². The number of hydrogen-bond donors (Lipinski definition) is 2. The summed E-state index contributed by atoms with van der Waals surface area (Å²) in [6, 6.07) is 30.5. The summed E-state index contributed by atoms with van der Waals surface area (Å²) in [6.07, 6.45) is 6.94. The van der Waals surface area contributed by atoms with E-state index in [1.54, 1.807) is 30.4 Å². The van der Waals surface area contributed by atoms with Crippen LogP contribution in [0.3, 0.4) is 0 Å². The second-order valence-electron chi connectivity index (χ2n) is 9.61. The lowest BCUT2D eigenvalue weighted by Crippen LogP contribution is -1.99. The smallest absolute Gasteiger partial charge is 0.341 e. The Balaban J connectivity index is 0.000000178. The number of carbonyl (C=O) groups is 1. The molecule has 45 heavy (non-hydrogen) atoms. The van der Waals surface area contributed by atoms with E-state index in [0.29, 0.717) is 28.1 Å². The summed E-state index contributed by atoms with van der Waals surface area (Å²) in [6.45, 7) is -0.204. The molecule has 0 unspecified atom stereocenters. The Morgan fingerprint density at radius 3 is 1.56 bits per heavy atom. The molecule has 0 atom stereocenters. The van der Waals surface area contributed by atoms with Crippen LogP contribution in [-0.4, -0.2) is 26.5 Å². The Labute approximate surface area is 257 Å². The van der Waals surface area contributed by atoms with Crippen molar-refractivity contribution in [3.63, 3.8) is 0 Å². The molecule has 0 aliphatic carbocycles. The molecule has 0 fully saturated rings. The lowest BCUT2D eigenvalue weighted by atomic mass is 10.1. The molecule has 0 aliphatic heterocycles. The second kappa shape index (κ2) is 14.5. The van der Waals surface area contributed by atoms with Crippen LogP contribution in [-0.2, 0) is 6.61 Å². The number of carboxylic acids is 1. The fourth-order valence-corrected chi connectivity index (χ4v) is 4.34. The minimum Gasteiger partial charge on any atom is -0.477 e. The van der Waals surface area contributed by atoms with E-state index in [0.717, 1.165) is 11.1 Å². The van der Waals surface area contributed by atoms with Gasteiger partial charge in [0.15, 0.2) is 11.5 Å². The van der Waals surface area contributed by atoms with Crippen molar-refractivity contribution in [1.29, 1.82) is 0 Å². The van der Waals surface area contributed by atoms with E-state index in [1.807, 2.05) is 66.7 Å². The average Bonchev–Trinajstić information content (AvgIpc) is 3.69.